The van der Waals surface area contributed by atoms with E-state index < -0.39 is 17.3 Å². The number of carbonyl (C=O) groups is 2. The first-order valence-electron chi connectivity index (χ1n) is 10.9. The Bertz CT molecular complexity index is 1140. The van der Waals surface area contributed by atoms with E-state index in [1.54, 1.807) is 18.2 Å². The minimum absolute atomic E-state index is 0.0580. The van der Waals surface area contributed by atoms with Crippen molar-refractivity contribution in [1.82, 2.24) is 4.98 Å². The van der Waals surface area contributed by atoms with Crippen LogP contribution in [0.5, 0.6) is 11.5 Å². The molecule has 7 heteroatoms. The van der Waals surface area contributed by atoms with Crippen molar-refractivity contribution in [2.45, 2.75) is 64.6 Å². The number of anilines is 1. The Kier molecular flexibility index (Phi) is 4.46. The lowest BCUT2D eigenvalue weighted by atomic mass is 9.75. The minimum atomic E-state index is -0.590. The quantitative estimate of drug-likeness (QED) is 0.755. The van der Waals surface area contributed by atoms with Crippen LogP contribution in [0.25, 0.3) is 0 Å². The molecule has 0 saturated heterocycles. The van der Waals surface area contributed by atoms with E-state index in [1.165, 1.54) is 12.5 Å². The smallest absolute Gasteiger partial charge is 0.261 e. The molecule has 2 heterocycles. The summed E-state index contributed by atoms with van der Waals surface area (Å²) in [4.78, 5) is 40.7. The largest absolute Gasteiger partial charge is 0.448 e. The van der Waals surface area contributed by atoms with Crippen molar-refractivity contribution in [2.24, 2.45) is 5.41 Å². The van der Waals surface area contributed by atoms with Crippen LogP contribution in [0.4, 0.5) is 5.69 Å². The van der Waals surface area contributed by atoms with Gasteiger partial charge in [-0.3, -0.25) is 14.4 Å². The fraction of sp³-hybridized carbons (Fsp3) is 0.458. The normalized spacial score (nSPS) is 20.4. The molecule has 31 heavy (non-hydrogen) atoms. The van der Waals surface area contributed by atoms with Crippen molar-refractivity contribution in [2.75, 3.05) is 5.32 Å². The Balaban J connectivity index is 1.37. The van der Waals surface area contributed by atoms with E-state index in [4.69, 9.17) is 9.47 Å². The van der Waals surface area contributed by atoms with E-state index in [0.29, 0.717) is 41.3 Å². The number of aromatic amines is 1. The number of ketones is 1. The first-order valence-corrected chi connectivity index (χ1v) is 10.9. The number of benzene rings is 1. The molecule has 1 aliphatic heterocycles. The summed E-state index contributed by atoms with van der Waals surface area (Å²) in [5.74, 6) is 0.0500. The minimum Gasteiger partial charge on any atom is -0.448 e. The predicted molar refractivity (Wildman–Crippen MR) is 115 cm³/mol. The Morgan fingerprint density at radius 2 is 1.74 bits per heavy atom. The van der Waals surface area contributed by atoms with Crippen molar-refractivity contribution in [3.63, 3.8) is 0 Å². The Morgan fingerprint density at radius 3 is 2.52 bits per heavy atom. The molecule has 2 N–H and O–H groups in total. The highest BCUT2D eigenvalue weighted by Crippen LogP contribution is 2.46. The number of pyridine rings is 1. The summed E-state index contributed by atoms with van der Waals surface area (Å²) in [5.41, 5.74) is 0.748. The molecule has 162 valence electrons. The number of hydrogen-bond donors (Lipinski definition) is 2. The van der Waals surface area contributed by atoms with Gasteiger partial charge in [-0.05, 0) is 42.9 Å². The van der Waals surface area contributed by atoms with Gasteiger partial charge in [0.1, 0.15) is 5.56 Å². The molecule has 1 saturated carbocycles. The summed E-state index contributed by atoms with van der Waals surface area (Å²) in [5, 5.41) is 2.75. The van der Waals surface area contributed by atoms with Crippen molar-refractivity contribution in [3.05, 3.63) is 51.4 Å². The van der Waals surface area contributed by atoms with Crippen molar-refractivity contribution >= 4 is 17.4 Å². The lowest BCUT2D eigenvalue weighted by Gasteiger charge is -2.31. The second kappa shape index (κ2) is 6.97. The summed E-state index contributed by atoms with van der Waals surface area (Å²) >= 11 is 0. The number of hydrogen-bond acceptors (Lipinski definition) is 5. The highest BCUT2D eigenvalue weighted by molar-refractivity contribution is 6.06. The molecule has 1 amide bonds. The number of H-pyrrole nitrogens is 1. The molecule has 1 fully saturated rings. The van der Waals surface area contributed by atoms with Crippen LogP contribution in [-0.2, 0) is 6.42 Å². The fourth-order valence-corrected chi connectivity index (χ4v) is 4.86. The van der Waals surface area contributed by atoms with Gasteiger partial charge in [-0.25, -0.2) is 0 Å². The van der Waals surface area contributed by atoms with Crippen molar-refractivity contribution in [1.29, 1.82) is 0 Å². The van der Waals surface area contributed by atoms with Gasteiger partial charge in [0.2, 0.25) is 0 Å². The lowest BCUT2D eigenvalue weighted by molar-refractivity contribution is -0.105. The highest BCUT2D eigenvalue weighted by Gasteiger charge is 2.42. The molecule has 0 bridgehead atoms. The number of fused-ring (bicyclic) bond motifs is 2. The summed E-state index contributed by atoms with van der Waals surface area (Å²) in [6.45, 7) is 3.98. The van der Waals surface area contributed by atoms with Gasteiger partial charge in [-0.2, -0.15) is 0 Å². The van der Waals surface area contributed by atoms with E-state index in [2.05, 4.69) is 10.3 Å². The lowest BCUT2D eigenvalue weighted by Crippen LogP contribution is -2.40. The van der Waals surface area contributed by atoms with Crippen LogP contribution in [0.15, 0.2) is 29.1 Å². The van der Waals surface area contributed by atoms with Crippen LogP contribution in [0, 0.1) is 5.41 Å². The first kappa shape index (κ1) is 19.8. The second-order valence-corrected chi connectivity index (χ2v) is 9.64. The number of aromatic nitrogens is 1. The van der Waals surface area contributed by atoms with E-state index in [0.717, 1.165) is 25.7 Å². The third kappa shape index (κ3) is 3.62. The van der Waals surface area contributed by atoms with Crippen LogP contribution in [0.2, 0.25) is 0 Å². The van der Waals surface area contributed by atoms with E-state index in [9.17, 15) is 14.4 Å². The van der Waals surface area contributed by atoms with Gasteiger partial charge in [-0.1, -0.05) is 20.3 Å². The van der Waals surface area contributed by atoms with Crippen LogP contribution in [0.3, 0.4) is 0 Å². The van der Waals surface area contributed by atoms with Crippen LogP contribution >= 0.6 is 0 Å². The molecule has 0 unspecified atom stereocenters. The van der Waals surface area contributed by atoms with Gasteiger partial charge in [0.15, 0.2) is 17.3 Å². The van der Waals surface area contributed by atoms with Gasteiger partial charge in [-0.15, -0.1) is 0 Å². The zero-order valence-corrected chi connectivity index (χ0v) is 17.8. The summed E-state index contributed by atoms with van der Waals surface area (Å²) in [6, 6.07) is 6.64. The molecule has 2 aromatic rings. The van der Waals surface area contributed by atoms with Crippen molar-refractivity contribution in [3.8, 4) is 11.5 Å². The van der Waals surface area contributed by atoms with Gasteiger partial charge < -0.3 is 19.8 Å². The molecule has 1 aromatic heterocycles. The zero-order chi connectivity index (χ0) is 21.8. The third-order valence-corrected chi connectivity index (χ3v) is 6.37. The second-order valence-electron chi connectivity index (χ2n) is 9.64. The van der Waals surface area contributed by atoms with Gasteiger partial charge in [0.05, 0.1) is 0 Å². The number of carbonyl (C=O) groups excluding carboxylic acids is 2. The maximum atomic E-state index is 12.8. The predicted octanol–water partition coefficient (Wildman–Crippen LogP) is 4.21. The number of ether oxygens (including phenoxy) is 2. The number of nitrogens with one attached hydrogen (secondary N) is 2. The monoisotopic (exact) mass is 422 g/mol. The summed E-state index contributed by atoms with van der Waals surface area (Å²) < 4.78 is 12.2. The highest BCUT2D eigenvalue weighted by atomic mass is 16.7. The molecular formula is C24H26N2O5. The summed E-state index contributed by atoms with van der Waals surface area (Å²) in [6.07, 6.45) is 5.98. The molecule has 0 atom stereocenters. The molecule has 1 spiro atoms. The number of rotatable bonds is 2. The van der Waals surface area contributed by atoms with Gasteiger partial charge in [0.25, 0.3) is 17.3 Å². The molecule has 3 aliphatic rings. The average Bonchev–Trinajstić information content (AvgIpc) is 3.03. The van der Waals surface area contributed by atoms with Crippen LogP contribution < -0.4 is 20.3 Å². The fourth-order valence-electron chi connectivity index (χ4n) is 4.86. The third-order valence-electron chi connectivity index (χ3n) is 6.37. The molecule has 2 aliphatic carbocycles. The van der Waals surface area contributed by atoms with E-state index >= 15 is 0 Å². The SMILES string of the molecule is CC1(C)CC(=O)c2cc(C(=O)Nc3ccc4c(c3)OC3(CCCCC3)O4)c(=O)[nH]c2C1. The maximum absolute atomic E-state index is 12.8. The molecule has 1 aromatic carbocycles. The van der Waals surface area contributed by atoms with Crippen LogP contribution in [0.1, 0.15) is 78.8 Å². The Hall–Kier alpha value is -3.09. The first-order chi connectivity index (χ1) is 14.7. The Morgan fingerprint density at radius 1 is 1.00 bits per heavy atom. The Labute approximate surface area is 180 Å². The zero-order valence-electron chi connectivity index (χ0n) is 17.8. The summed E-state index contributed by atoms with van der Waals surface area (Å²) in [7, 11) is 0. The topological polar surface area (TPSA) is 97.5 Å². The molecule has 0 radical (unpaired) electrons. The average molecular weight is 422 g/mol. The molecular weight excluding hydrogens is 396 g/mol. The standard InChI is InChI=1S/C24H26N2O5/c1-23(2)12-17-15(18(27)13-23)11-16(22(29)26-17)21(28)25-14-6-7-19-20(10-14)31-24(30-19)8-4-3-5-9-24/h6-7,10-11H,3-5,8-9,12-13H2,1-2H3,(H,25,28)(H,26,29). The number of amides is 1. The molecule has 5 rings (SSSR count). The maximum Gasteiger partial charge on any atom is 0.261 e. The van der Waals surface area contributed by atoms with E-state index in [-0.39, 0.29) is 16.8 Å². The van der Waals surface area contributed by atoms with Crippen molar-refractivity contribution < 1.29 is 19.1 Å². The number of Topliss-reactive ketones (excluding diaryl/α,β-unsaturated/α-hetero) is 1. The van der Waals surface area contributed by atoms with E-state index in [1.807, 2.05) is 13.8 Å². The molecule has 7 nitrogen and oxygen atoms in total. The van der Waals surface area contributed by atoms with Crippen LogP contribution in [-0.4, -0.2) is 22.5 Å². The van der Waals surface area contributed by atoms with Gasteiger partial charge >= 0.3 is 0 Å². The van der Waals surface area contributed by atoms with Gasteiger partial charge in [0, 0.05) is 42.3 Å².